The summed E-state index contributed by atoms with van der Waals surface area (Å²) in [5, 5.41) is 3.77. The summed E-state index contributed by atoms with van der Waals surface area (Å²) in [7, 11) is 0. The molecule has 2 aliphatic heterocycles. The van der Waals surface area contributed by atoms with Gasteiger partial charge < -0.3 is 10.1 Å². The Morgan fingerprint density at radius 2 is 2.29 bits per heavy atom. The molecule has 2 aliphatic rings. The number of ether oxygens (including phenoxy) is 1. The van der Waals surface area contributed by atoms with Crippen molar-refractivity contribution in [3.63, 3.8) is 0 Å². The topological polar surface area (TPSA) is 21.3 Å². The van der Waals surface area contributed by atoms with Crippen molar-refractivity contribution in [1.82, 2.24) is 5.32 Å². The van der Waals surface area contributed by atoms with Crippen molar-refractivity contribution in [2.75, 3.05) is 24.7 Å². The Bertz CT molecular complexity index is 249. The van der Waals surface area contributed by atoms with Gasteiger partial charge in [-0.3, -0.25) is 0 Å². The van der Waals surface area contributed by atoms with Gasteiger partial charge in [0.2, 0.25) is 0 Å². The quantitative estimate of drug-likeness (QED) is 0.836. The molecule has 0 aromatic heterocycles. The first-order valence-corrected chi connectivity index (χ1v) is 8.16. The summed E-state index contributed by atoms with van der Waals surface area (Å²) in [4.78, 5) is 0. The highest BCUT2D eigenvalue weighted by Gasteiger charge is 2.40. The molecule has 2 saturated heterocycles. The Kier molecular flexibility index (Phi) is 4.43. The average Bonchev–Trinajstić information content (AvgIpc) is 2.75. The highest BCUT2D eigenvalue weighted by molar-refractivity contribution is 7.99. The van der Waals surface area contributed by atoms with E-state index < -0.39 is 0 Å². The Hall–Kier alpha value is 0.270. The monoisotopic (exact) mass is 257 g/mol. The van der Waals surface area contributed by atoms with E-state index in [9.17, 15) is 0 Å². The first-order valence-electron chi connectivity index (χ1n) is 7.00. The zero-order chi connectivity index (χ0) is 12.4. The molecule has 1 N–H and O–H groups in total. The molecule has 0 radical (unpaired) electrons. The predicted octanol–water partition coefficient (Wildman–Crippen LogP) is 3.07. The molecule has 0 bridgehead atoms. The molecule has 2 heterocycles. The summed E-state index contributed by atoms with van der Waals surface area (Å²) in [6.07, 6.45) is 4.91. The van der Waals surface area contributed by atoms with Gasteiger partial charge in [-0.15, -0.1) is 0 Å². The fraction of sp³-hybridized carbons (Fsp3) is 1.00. The van der Waals surface area contributed by atoms with E-state index in [1.165, 1.54) is 37.2 Å². The van der Waals surface area contributed by atoms with Crippen molar-refractivity contribution in [2.45, 2.75) is 58.1 Å². The number of hydrogen-bond acceptors (Lipinski definition) is 3. The van der Waals surface area contributed by atoms with Gasteiger partial charge >= 0.3 is 0 Å². The van der Waals surface area contributed by atoms with E-state index in [-0.39, 0.29) is 5.60 Å². The van der Waals surface area contributed by atoms with Crippen molar-refractivity contribution in [2.24, 2.45) is 5.41 Å². The van der Waals surface area contributed by atoms with Crippen LogP contribution in [-0.4, -0.2) is 36.3 Å². The maximum atomic E-state index is 6.05. The first kappa shape index (κ1) is 13.7. The summed E-state index contributed by atoms with van der Waals surface area (Å²) in [5.41, 5.74) is 0.646. The Morgan fingerprint density at radius 1 is 1.47 bits per heavy atom. The van der Waals surface area contributed by atoms with Crippen molar-refractivity contribution in [3.05, 3.63) is 0 Å². The molecule has 0 aliphatic carbocycles. The van der Waals surface area contributed by atoms with Crippen LogP contribution in [0.25, 0.3) is 0 Å². The van der Waals surface area contributed by atoms with E-state index in [1.54, 1.807) is 0 Å². The normalized spacial score (nSPS) is 34.4. The van der Waals surface area contributed by atoms with Gasteiger partial charge in [0.15, 0.2) is 0 Å². The molecule has 0 amide bonds. The predicted molar refractivity (Wildman–Crippen MR) is 75.7 cm³/mol. The van der Waals surface area contributed by atoms with Crippen LogP contribution in [0.3, 0.4) is 0 Å². The fourth-order valence-electron chi connectivity index (χ4n) is 2.61. The highest BCUT2D eigenvalue weighted by atomic mass is 32.2. The Morgan fingerprint density at radius 3 is 2.94 bits per heavy atom. The smallest absolute Gasteiger partial charge is 0.0795 e. The average molecular weight is 257 g/mol. The van der Waals surface area contributed by atoms with Gasteiger partial charge in [0.1, 0.15) is 0 Å². The standard InChI is InChI=1S/C14H27NOS/c1-4-13(2,3)10-15-12-5-7-16-14(9-12)6-8-17-11-14/h12,15H,4-11H2,1-3H3. The first-order chi connectivity index (χ1) is 8.05. The van der Waals surface area contributed by atoms with Crippen LogP contribution in [0.4, 0.5) is 0 Å². The van der Waals surface area contributed by atoms with Gasteiger partial charge in [-0.05, 0) is 36.9 Å². The van der Waals surface area contributed by atoms with Crippen molar-refractivity contribution in [1.29, 1.82) is 0 Å². The molecule has 0 aromatic carbocycles. The molecule has 0 saturated carbocycles. The highest BCUT2D eigenvalue weighted by Crippen LogP contribution is 2.38. The zero-order valence-corrected chi connectivity index (χ0v) is 12.4. The van der Waals surface area contributed by atoms with Crippen LogP contribution < -0.4 is 5.32 Å². The van der Waals surface area contributed by atoms with Crippen molar-refractivity contribution >= 4 is 11.8 Å². The van der Waals surface area contributed by atoms with Gasteiger partial charge in [-0.2, -0.15) is 11.8 Å². The number of rotatable bonds is 4. The summed E-state index contributed by atoms with van der Waals surface area (Å²) in [5.74, 6) is 2.50. The third-order valence-electron chi connectivity index (χ3n) is 4.39. The van der Waals surface area contributed by atoms with E-state index in [4.69, 9.17) is 4.74 Å². The van der Waals surface area contributed by atoms with E-state index in [0.29, 0.717) is 11.5 Å². The largest absolute Gasteiger partial charge is 0.374 e. The number of thioether (sulfide) groups is 1. The lowest BCUT2D eigenvalue weighted by Gasteiger charge is -2.39. The summed E-state index contributed by atoms with van der Waals surface area (Å²) in [6, 6.07) is 0.674. The minimum Gasteiger partial charge on any atom is -0.374 e. The van der Waals surface area contributed by atoms with E-state index >= 15 is 0 Å². The molecule has 0 aromatic rings. The molecule has 17 heavy (non-hydrogen) atoms. The molecule has 2 rings (SSSR count). The Labute approximate surface area is 110 Å². The van der Waals surface area contributed by atoms with Gasteiger partial charge in [0.05, 0.1) is 5.60 Å². The lowest BCUT2D eigenvalue weighted by molar-refractivity contribution is -0.0709. The molecule has 2 nitrogen and oxygen atoms in total. The van der Waals surface area contributed by atoms with Crippen LogP contribution in [0, 0.1) is 5.41 Å². The maximum absolute atomic E-state index is 6.05. The molecular formula is C14H27NOS. The Balaban J connectivity index is 1.81. The second-order valence-electron chi connectivity index (χ2n) is 6.42. The van der Waals surface area contributed by atoms with Crippen LogP contribution >= 0.6 is 11.8 Å². The van der Waals surface area contributed by atoms with Crippen LogP contribution in [-0.2, 0) is 4.74 Å². The molecule has 2 unspecified atom stereocenters. The van der Waals surface area contributed by atoms with Gasteiger partial charge in [-0.25, -0.2) is 0 Å². The van der Waals surface area contributed by atoms with E-state index in [1.807, 2.05) is 0 Å². The van der Waals surface area contributed by atoms with E-state index in [0.717, 1.165) is 13.2 Å². The van der Waals surface area contributed by atoms with Crippen molar-refractivity contribution < 1.29 is 4.74 Å². The van der Waals surface area contributed by atoms with Gasteiger partial charge in [0, 0.05) is 24.9 Å². The molecular weight excluding hydrogens is 230 g/mol. The summed E-state index contributed by atoms with van der Waals surface area (Å²) >= 11 is 2.06. The zero-order valence-electron chi connectivity index (χ0n) is 11.6. The lowest BCUT2D eigenvalue weighted by Crippen LogP contribution is -2.48. The molecule has 1 spiro atoms. The number of nitrogens with one attached hydrogen (secondary N) is 1. The van der Waals surface area contributed by atoms with Gasteiger partial charge in [0.25, 0.3) is 0 Å². The summed E-state index contributed by atoms with van der Waals surface area (Å²) < 4.78 is 6.05. The van der Waals surface area contributed by atoms with Crippen LogP contribution in [0.2, 0.25) is 0 Å². The van der Waals surface area contributed by atoms with Crippen LogP contribution in [0.1, 0.15) is 46.5 Å². The second-order valence-corrected chi connectivity index (χ2v) is 7.53. The second kappa shape index (κ2) is 5.50. The molecule has 3 heteroatoms. The van der Waals surface area contributed by atoms with Crippen LogP contribution in [0.5, 0.6) is 0 Å². The van der Waals surface area contributed by atoms with Crippen molar-refractivity contribution in [3.8, 4) is 0 Å². The minimum atomic E-state index is 0.219. The van der Waals surface area contributed by atoms with Gasteiger partial charge in [-0.1, -0.05) is 20.8 Å². The summed E-state index contributed by atoms with van der Waals surface area (Å²) in [6.45, 7) is 9.06. The number of hydrogen-bond donors (Lipinski definition) is 1. The van der Waals surface area contributed by atoms with Crippen LogP contribution in [0.15, 0.2) is 0 Å². The fourth-order valence-corrected chi connectivity index (χ4v) is 3.99. The lowest BCUT2D eigenvalue weighted by atomic mass is 9.87. The molecule has 2 atom stereocenters. The SMILES string of the molecule is CCC(C)(C)CNC1CCOC2(CCSC2)C1. The van der Waals surface area contributed by atoms with E-state index in [2.05, 4.69) is 37.8 Å². The third kappa shape index (κ3) is 3.62. The third-order valence-corrected chi connectivity index (χ3v) is 5.61. The molecule has 2 fully saturated rings. The molecule has 100 valence electrons. The maximum Gasteiger partial charge on any atom is 0.0795 e. The minimum absolute atomic E-state index is 0.219.